The monoisotopic (exact) mass is 438 g/mol. The van der Waals surface area contributed by atoms with Gasteiger partial charge in [-0.3, -0.25) is 4.79 Å². The molecule has 7 heteroatoms. The molecule has 0 unspecified atom stereocenters. The normalized spacial score (nSPS) is 10.8. The zero-order valence-corrected chi connectivity index (χ0v) is 18.4. The Kier molecular flexibility index (Phi) is 13.7. The predicted molar refractivity (Wildman–Crippen MR) is 96.6 cm³/mol. The van der Waals surface area contributed by atoms with Crippen LogP contribution in [0.25, 0.3) is 0 Å². The molecule has 0 aromatic heterocycles. The molecule has 1 heterocycles. The maximum atomic E-state index is 11.4. The molecule has 26 heavy (non-hydrogen) atoms. The van der Waals surface area contributed by atoms with E-state index in [0.717, 1.165) is 0 Å². The number of aromatic hydroxyl groups is 3. The molecule has 1 radical (unpaired) electrons. The number of fused-ring (bicyclic) bond motifs is 1. The Hall–Kier alpha value is -1.79. The molecule has 3 rings (SSSR count). The van der Waals surface area contributed by atoms with Crippen LogP contribution < -0.4 is 9.47 Å². The molecule has 0 saturated carbocycles. The van der Waals surface area contributed by atoms with Crippen LogP contribution >= 0.6 is 0 Å². The molecule has 0 amide bonds. The molecule has 3 N–H and O–H groups in total. The Morgan fingerprint density at radius 3 is 2.00 bits per heavy atom. The number of hydrogen-bond acceptors (Lipinski definition) is 6. The molecular formula is C19H25O6Y-. The third-order valence-electron chi connectivity index (χ3n) is 3.04. The quantitative estimate of drug-likeness (QED) is 0.461. The van der Waals surface area contributed by atoms with Gasteiger partial charge in [0.25, 0.3) is 0 Å². The van der Waals surface area contributed by atoms with Gasteiger partial charge in [0.2, 0.25) is 0 Å². The van der Waals surface area contributed by atoms with Crippen molar-refractivity contribution >= 4 is 5.78 Å². The van der Waals surface area contributed by atoms with Crippen LogP contribution in [0.5, 0.6) is 28.7 Å². The van der Waals surface area contributed by atoms with Gasteiger partial charge >= 0.3 is 0 Å². The summed E-state index contributed by atoms with van der Waals surface area (Å²) in [5, 5.41) is 26.9. The van der Waals surface area contributed by atoms with Crippen LogP contribution in [0.3, 0.4) is 0 Å². The van der Waals surface area contributed by atoms with Gasteiger partial charge in [0.1, 0.15) is 22.8 Å². The topological polar surface area (TPSA) is 96.2 Å². The minimum absolute atomic E-state index is 0. The Balaban J connectivity index is 0. The molecule has 1 aliphatic heterocycles. The molecule has 0 fully saturated rings. The van der Waals surface area contributed by atoms with E-state index in [1.54, 1.807) is 18.2 Å². The van der Waals surface area contributed by atoms with Crippen LogP contribution in [-0.2, 0) is 32.7 Å². The Morgan fingerprint density at radius 1 is 1.00 bits per heavy atom. The second kappa shape index (κ2) is 13.4. The maximum absolute atomic E-state index is 11.4. The number of benzene rings is 2. The Labute approximate surface area is 179 Å². The molecule has 6 nitrogen and oxygen atoms in total. The van der Waals surface area contributed by atoms with E-state index in [-0.39, 0.29) is 68.7 Å². The molecule has 0 aliphatic carbocycles. The van der Waals surface area contributed by atoms with Crippen LogP contribution in [0.1, 0.15) is 30.6 Å². The standard InChI is InChI=1S/C10H10O4.C6H6O2.C2H6.CH3.Y/c1-13-6-4-8(12)10-7(11)2-3-14-9(10)5-6;7-5-3-1-2-4-6(5)8;1-2;;/h4-5,12H,2-3H2,1H3;1-4,7-8H;1-2H3;1H3;/q;;;-1;. The number of carbonyl (C=O) groups is 1. The van der Waals surface area contributed by atoms with Crippen LogP contribution in [-0.4, -0.2) is 34.8 Å². The number of para-hydroxylation sites is 2. The second-order valence-corrected chi connectivity index (χ2v) is 4.53. The van der Waals surface area contributed by atoms with Crippen molar-refractivity contribution in [1.29, 1.82) is 0 Å². The number of methoxy groups -OCH3 is 1. The first kappa shape index (κ1) is 26.4. The zero-order valence-electron chi connectivity index (χ0n) is 15.5. The van der Waals surface area contributed by atoms with E-state index in [1.165, 1.54) is 25.3 Å². The molecule has 2 aromatic rings. The average Bonchev–Trinajstić information content (AvgIpc) is 2.59. The molecule has 1 aliphatic rings. The van der Waals surface area contributed by atoms with Gasteiger partial charge in [-0.05, 0) is 12.1 Å². The van der Waals surface area contributed by atoms with Gasteiger partial charge in [-0.25, -0.2) is 0 Å². The molecular weight excluding hydrogens is 413 g/mol. The first-order valence-corrected chi connectivity index (χ1v) is 7.57. The van der Waals surface area contributed by atoms with Crippen molar-refractivity contribution in [2.24, 2.45) is 0 Å². The van der Waals surface area contributed by atoms with E-state index < -0.39 is 0 Å². The fraction of sp³-hybridized carbons (Fsp3) is 0.263. The van der Waals surface area contributed by atoms with E-state index >= 15 is 0 Å². The van der Waals surface area contributed by atoms with Crippen LogP contribution in [0.4, 0.5) is 0 Å². The summed E-state index contributed by atoms with van der Waals surface area (Å²) in [6.07, 6.45) is 0.312. The first-order valence-electron chi connectivity index (χ1n) is 7.57. The van der Waals surface area contributed by atoms with Crippen LogP contribution in [0, 0.1) is 7.43 Å². The second-order valence-electron chi connectivity index (χ2n) is 4.53. The van der Waals surface area contributed by atoms with E-state index in [9.17, 15) is 9.90 Å². The summed E-state index contributed by atoms with van der Waals surface area (Å²) in [5.41, 5.74) is 0.261. The minimum Gasteiger partial charge on any atom is -0.507 e. The first-order chi connectivity index (χ1) is 11.5. The smallest absolute Gasteiger partial charge is 0.173 e. The summed E-state index contributed by atoms with van der Waals surface area (Å²) in [5.74, 6) is 0.560. The number of Topliss-reactive ketones (excluding diaryl/α,β-unsaturated/α-hetero) is 1. The molecule has 2 aromatic carbocycles. The van der Waals surface area contributed by atoms with Crippen molar-refractivity contribution < 1.29 is 62.3 Å². The number of phenols is 3. The minimum atomic E-state index is -0.0913. The molecule has 141 valence electrons. The predicted octanol–water partition coefficient (Wildman–Crippen LogP) is 3.94. The third kappa shape index (κ3) is 7.22. The summed E-state index contributed by atoms with van der Waals surface area (Å²) >= 11 is 0. The number of phenolic OH excluding ortho intramolecular Hbond substituents is 3. The van der Waals surface area contributed by atoms with Crippen molar-refractivity contribution in [2.75, 3.05) is 13.7 Å². The van der Waals surface area contributed by atoms with E-state index in [1.807, 2.05) is 13.8 Å². The van der Waals surface area contributed by atoms with Crippen molar-refractivity contribution in [3.8, 4) is 28.7 Å². The van der Waals surface area contributed by atoms with Gasteiger partial charge in [-0.1, -0.05) is 26.0 Å². The summed E-state index contributed by atoms with van der Waals surface area (Å²) < 4.78 is 10.2. The van der Waals surface area contributed by atoms with Gasteiger partial charge in [-0.15, -0.1) is 0 Å². The van der Waals surface area contributed by atoms with Crippen molar-refractivity contribution in [3.05, 3.63) is 49.4 Å². The van der Waals surface area contributed by atoms with Gasteiger partial charge in [-0.2, -0.15) is 0 Å². The fourth-order valence-corrected chi connectivity index (χ4v) is 1.93. The zero-order chi connectivity index (χ0) is 18.1. The molecule has 0 spiro atoms. The van der Waals surface area contributed by atoms with Gasteiger partial charge in [0.15, 0.2) is 17.3 Å². The summed E-state index contributed by atoms with van der Waals surface area (Å²) in [6.45, 7) is 4.36. The third-order valence-corrected chi connectivity index (χ3v) is 3.04. The van der Waals surface area contributed by atoms with Crippen molar-refractivity contribution in [1.82, 2.24) is 0 Å². The van der Waals surface area contributed by atoms with E-state index in [4.69, 9.17) is 19.7 Å². The average molecular weight is 438 g/mol. The Morgan fingerprint density at radius 2 is 1.54 bits per heavy atom. The van der Waals surface area contributed by atoms with Crippen molar-refractivity contribution in [3.63, 3.8) is 0 Å². The van der Waals surface area contributed by atoms with Gasteiger partial charge in [0.05, 0.1) is 13.7 Å². The molecule has 0 bridgehead atoms. The number of ketones is 1. The number of hydrogen-bond donors (Lipinski definition) is 3. The fourth-order valence-electron chi connectivity index (χ4n) is 1.93. The summed E-state index contributed by atoms with van der Waals surface area (Å²) in [7, 11) is 1.49. The summed E-state index contributed by atoms with van der Waals surface area (Å²) in [4.78, 5) is 11.4. The van der Waals surface area contributed by atoms with Crippen LogP contribution in [0.2, 0.25) is 0 Å². The SMILES string of the molecule is CC.COc1cc(O)c2c(c1)OCCC2=O.Oc1ccccc1O.[CH3-].[Y]. The number of carbonyl (C=O) groups excluding carboxylic acids is 1. The Bertz CT molecular complexity index is 667. The maximum Gasteiger partial charge on any atom is 0.173 e. The van der Waals surface area contributed by atoms with E-state index in [0.29, 0.717) is 24.5 Å². The van der Waals surface area contributed by atoms with Crippen LogP contribution in [0.15, 0.2) is 36.4 Å². The van der Waals surface area contributed by atoms with Gasteiger partial charge < -0.3 is 32.2 Å². The molecule has 0 saturated heterocycles. The van der Waals surface area contributed by atoms with E-state index in [2.05, 4.69) is 0 Å². The van der Waals surface area contributed by atoms with Crippen molar-refractivity contribution in [2.45, 2.75) is 20.3 Å². The number of ether oxygens (including phenoxy) is 2. The van der Waals surface area contributed by atoms with Gasteiger partial charge in [0, 0.05) is 51.3 Å². The molecule has 0 atom stereocenters. The summed E-state index contributed by atoms with van der Waals surface area (Å²) in [6, 6.07) is 9.16. The largest absolute Gasteiger partial charge is 0.507 e. The number of rotatable bonds is 1.